The third kappa shape index (κ3) is 17.0. The number of carbonyl (C=O) groups is 10. The maximum Gasteiger partial charge on any atom is 0.366 e. The van der Waals surface area contributed by atoms with E-state index in [-0.39, 0.29) is 22.4 Å². The molecule has 11 unspecified atom stereocenters. The van der Waals surface area contributed by atoms with Crippen LogP contribution in [0, 0.1) is 0 Å². The van der Waals surface area contributed by atoms with Gasteiger partial charge >= 0.3 is 53.7 Å². The van der Waals surface area contributed by atoms with E-state index in [1.807, 2.05) is 0 Å². The van der Waals surface area contributed by atoms with Crippen molar-refractivity contribution in [1.82, 2.24) is 5.32 Å². The van der Waals surface area contributed by atoms with Gasteiger partial charge in [-0.25, -0.2) is 19.2 Å². The first-order chi connectivity index (χ1) is 38.7. The number of methoxy groups -OCH3 is 2. The molecule has 0 saturated carbocycles. The summed E-state index contributed by atoms with van der Waals surface area (Å²) in [6.45, 7) is 2.20. The summed E-state index contributed by atoms with van der Waals surface area (Å²) in [7, 11) is 2.31. The Morgan fingerprint density at radius 2 is 1.11 bits per heavy atom. The molecule has 2 fully saturated rings. The van der Waals surface area contributed by atoms with E-state index in [0.29, 0.717) is 5.75 Å². The minimum absolute atomic E-state index is 0.0347. The third-order valence-electron chi connectivity index (χ3n) is 12.0. The van der Waals surface area contributed by atoms with E-state index in [0.717, 1.165) is 41.7 Å². The predicted octanol–water partition coefficient (Wildman–Crippen LogP) is 3.56. The van der Waals surface area contributed by atoms with Crippen molar-refractivity contribution in [3.63, 3.8) is 0 Å². The second-order valence-corrected chi connectivity index (χ2v) is 17.9. The van der Waals surface area contributed by atoms with Crippen LogP contribution in [0.4, 0.5) is 0 Å². The fraction of sp³-hybridized carbons (Fsp3) is 0.393. The molecule has 25 nitrogen and oxygen atoms in total. The fourth-order valence-electron chi connectivity index (χ4n) is 8.54. The third-order valence-corrected chi connectivity index (χ3v) is 12.0. The Labute approximate surface area is 463 Å². The van der Waals surface area contributed by atoms with Crippen molar-refractivity contribution in [2.45, 2.75) is 108 Å². The fourth-order valence-corrected chi connectivity index (χ4v) is 8.54. The number of ether oxygens (including phenoxy) is 14. The number of rotatable bonds is 23. The van der Waals surface area contributed by atoms with Gasteiger partial charge < -0.3 is 71.6 Å². The summed E-state index contributed by atoms with van der Waals surface area (Å²) >= 11 is 0. The van der Waals surface area contributed by atoms with Crippen molar-refractivity contribution in [3.05, 3.63) is 132 Å². The van der Waals surface area contributed by atoms with E-state index < -0.39 is 153 Å². The van der Waals surface area contributed by atoms with Crippen LogP contribution in [-0.2, 0) is 90.4 Å². The highest BCUT2D eigenvalue weighted by Gasteiger charge is 2.64. The van der Waals surface area contributed by atoms with Crippen LogP contribution in [0.3, 0.4) is 0 Å². The summed E-state index contributed by atoms with van der Waals surface area (Å²) in [6.07, 6.45) is -18.9. The van der Waals surface area contributed by atoms with E-state index in [9.17, 15) is 43.2 Å². The summed E-state index contributed by atoms with van der Waals surface area (Å²) in [4.78, 5) is 135. The predicted molar refractivity (Wildman–Crippen MR) is 271 cm³/mol. The second kappa shape index (κ2) is 28.8. The molecule has 6 rings (SSSR count). The van der Waals surface area contributed by atoms with Gasteiger partial charge in [0.05, 0.1) is 43.4 Å². The monoisotopic (exact) mass is 1130 g/mol. The lowest BCUT2D eigenvalue weighted by Gasteiger charge is -2.51. The van der Waals surface area contributed by atoms with Crippen LogP contribution in [0.5, 0.6) is 11.5 Å². The smallest absolute Gasteiger partial charge is 0.366 e. The molecule has 0 spiro atoms. The number of hydrogen-bond acceptors (Lipinski definition) is 24. The SMILES string of the molecule is COC(=O)C1(OC2C(OC(=O)c3ccccc3)C(COC(=O)c3ccccc3)OC(Oc3ccc(OC)cc3)C2OC(=O)c2ccccc2)CC(OC(C)=O)C(NC(=O)COC(C)=O)C(C(OC(C)=O)C(COC(C)=O)OC(C)=O)O1. The largest absolute Gasteiger partial charge is 0.497 e. The molecule has 25 heteroatoms. The first kappa shape index (κ1) is 61.3. The highest BCUT2D eigenvalue weighted by molar-refractivity contribution is 5.91. The van der Waals surface area contributed by atoms with Crippen molar-refractivity contribution in [2.75, 3.05) is 34.0 Å². The molecule has 0 aromatic heterocycles. The Kier molecular flexibility index (Phi) is 21.8. The number of nitrogens with one attached hydrogen (secondary N) is 1. The zero-order chi connectivity index (χ0) is 58.8. The molecule has 0 radical (unpaired) electrons. The van der Waals surface area contributed by atoms with Crippen molar-refractivity contribution in [2.24, 2.45) is 0 Å². The molecule has 4 aromatic carbocycles. The molecule has 1 amide bonds. The summed E-state index contributed by atoms with van der Waals surface area (Å²) in [5, 5.41) is 2.50. The van der Waals surface area contributed by atoms with Gasteiger partial charge in [0.25, 0.3) is 11.7 Å². The minimum Gasteiger partial charge on any atom is -0.497 e. The van der Waals surface area contributed by atoms with Crippen molar-refractivity contribution >= 4 is 59.6 Å². The Morgan fingerprint density at radius 1 is 0.580 bits per heavy atom. The molecule has 432 valence electrons. The first-order valence-corrected chi connectivity index (χ1v) is 24.9. The quantitative estimate of drug-likeness (QED) is 0.0820. The van der Waals surface area contributed by atoms with Crippen LogP contribution in [0.25, 0.3) is 0 Å². The highest BCUT2D eigenvalue weighted by atomic mass is 16.8. The summed E-state index contributed by atoms with van der Waals surface area (Å²) in [6, 6.07) is 26.7. The van der Waals surface area contributed by atoms with E-state index in [1.54, 1.807) is 30.3 Å². The molecule has 1 N–H and O–H groups in total. The number of amides is 1. The molecule has 2 heterocycles. The first-order valence-electron chi connectivity index (χ1n) is 24.9. The van der Waals surface area contributed by atoms with Gasteiger partial charge in [-0.1, -0.05) is 54.6 Å². The number of esters is 9. The van der Waals surface area contributed by atoms with Crippen molar-refractivity contribution in [1.29, 1.82) is 0 Å². The van der Waals surface area contributed by atoms with Crippen LogP contribution >= 0.6 is 0 Å². The standard InChI is InChI=1S/C56H59NO24/c1-31(58)70-28-42(74-34(4)61)46(75-35(5)62)48-45(57-44(63)30-71-32(2)59)41(73-33(3)60)27-56(80-48,55(67)69-7)81-49-47(78-52(65)37-19-13-9-14-20-37)43(29-72-51(64)36-17-11-8-12-18-36)77-54(76-40-25-23-39(68-6)24-26-40)50(49)79-53(66)38-21-15-10-16-22-38/h8-26,41-43,45-50,54H,27-30H2,1-7H3,(H,57,63). The molecule has 81 heavy (non-hydrogen) atoms. The van der Waals surface area contributed by atoms with Crippen molar-refractivity contribution in [3.8, 4) is 11.5 Å². The van der Waals surface area contributed by atoms with Gasteiger partial charge in [0, 0.05) is 34.6 Å². The maximum atomic E-state index is 15.1. The average Bonchev–Trinajstić information content (AvgIpc) is 3.54. The zero-order valence-corrected chi connectivity index (χ0v) is 44.9. The van der Waals surface area contributed by atoms with Crippen LogP contribution < -0.4 is 14.8 Å². The van der Waals surface area contributed by atoms with E-state index in [2.05, 4.69) is 5.32 Å². The van der Waals surface area contributed by atoms with E-state index >= 15 is 4.79 Å². The lowest BCUT2D eigenvalue weighted by atomic mass is 9.87. The molecule has 2 saturated heterocycles. The molecule has 0 aliphatic carbocycles. The van der Waals surface area contributed by atoms with Crippen LogP contribution in [-0.4, -0.2) is 161 Å². The molecule has 11 atom stereocenters. The van der Waals surface area contributed by atoms with Gasteiger partial charge in [-0.15, -0.1) is 0 Å². The minimum atomic E-state index is -3.13. The molecule has 2 aliphatic rings. The van der Waals surface area contributed by atoms with Crippen LogP contribution in [0.15, 0.2) is 115 Å². The molecule has 4 aromatic rings. The lowest BCUT2D eigenvalue weighted by molar-refractivity contribution is -0.362. The number of hydrogen-bond donors (Lipinski definition) is 1. The van der Waals surface area contributed by atoms with Gasteiger partial charge in [0.2, 0.25) is 6.29 Å². The lowest BCUT2D eigenvalue weighted by Crippen LogP contribution is -2.72. The summed E-state index contributed by atoms with van der Waals surface area (Å²) < 4.78 is 82.8. The van der Waals surface area contributed by atoms with E-state index in [4.69, 9.17) is 66.3 Å². The van der Waals surface area contributed by atoms with Gasteiger partial charge in [0.15, 0.2) is 31.0 Å². The number of carbonyl (C=O) groups excluding carboxylic acids is 10. The normalized spacial score (nSPS) is 22.8. The molecule has 2 aliphatic heterocycles. The van der Waals surface area contributed by atoms with Crippen LogP contribution in [0.2, 0.25) is 0 Å². The Morgan fingerprint density at radius 3 is 1.62 bits per heavy atom. The number of benzene rings is 4. The van der Waals surface area contributed by atoms with Crippen LogP contribution in [0.1, 0.15) is 72.1 Å². The van der Waals surface area contributed by atoms with E-state index in [1.165, 1.54) is 92.0 Å². The maximum absolute atomic E-state index is 15.1. The average molecular weight is 1130 g/mol. The summed E-state index contributed by atoms with van der Waals surface area (Å²) in [5.41, 5.74) is -0.0261. The van der Waals surface area contributed by atoms with Gasteiger partial charge in [0.1, 0.15) is 49.1 Å². The Bertz CT molecular complexity index is 2850. The van der Waals surface area contributed by atoms with Gasteiger partial charge in [-0.2, -0.15) is 0 Å². The molecule has 0 bridgehead atoms. The van der Waals surface area contributed by atoms with Gasteiger partial charge in [-0.3, -0.25) is 28.8 Å². The van der Waals surface area contributed by atoms with Gasteiger partial charge in [-0.05, 0) is 60.7 Å². The Hall–Kier alpha value is -8.94. The zero-order valence-electron chi connectivity index (χ0n) is 44.9. The molecular formula is C56H59NO24. The summed E-state index contributed by atoms with van der Waals surface area (Å²) in [5.74, 6) is -13.4. The topological polar surface area (TPSA) is 312 Å². The highest BCUT2D eigenvalue weighted by Crippen LogP contribution is 2.42. The molecular weight excluding hydrogens is 1070 g/mol. The second-order valence-electron chi connectivity index (χ2n) is 17.9. The Balaban J connectivity index is 1.63. The van der Waals surface area contributed by atoms with Crippen molar-refractivity contribution < 1.29 is 114 Å².